The van der Waals surface area contributed by atoms with Gasteiger partial charge in [0.1, 0.15) is 22.4 Å². The Morgan fingerprint density at radius 1 is 1.22 bits per heavy atom. The number of aryl methyl sites for hydroxylation is 1. The van der Waals surface area contributed by atoms with Crippen LogP contribution in [0.25, 0.3) is 21.5 Å². The molecule has 0 aliphatic heterocycles. The first kappa shape index (κ1) is 14.4. The summed E-state index contributed by atoms with van der Waals surface area (Å²) in [6, 6.07) is 9.94. The second kappa shape index (κ2) is 5.80. The fourth-order valence-electron chi connectivity index (χ4n) is 3.01. The van der Waals surface area contributed by atoms with Gasteiger partial charge in [0.15, 0.2) is 0 Å². The van der Waals surface area contributed by atoms with Gasteiger partial charge in [0, 0.05) is 15.8 Å². The van der Waals surface area contributed by atoms with E-state index in [1.807, 2.05) is 29.6 Å². The van der Waals surface area contributed by atoms with Crippen LogP contribution in [0.2, 0.25) is 0 Å². The maximum absolute atomic E-state index is 10.7. The molecule has 1 N–H and O–H groups in total. The lowest BCUT2D eigenvalue weighted by molar-refractivity contribution is 0.512. The number of nitrogens with zero attached hydrogens (tertiary/aromatic N) is 2. The van der Waals surface area contributed by atoms with E-state index in [-0.39, 0.29) is 11.3 Å². The molecular formula is C18H14N2OS2. The maximum Gasteiger partial charge on any atom is 0.144 e. The summed E-state index contributed by atoms with van der Waals surface area (Å²) in [5.41, 5.74) is 3.17. The first-order valence-electron chi connectivity index (χ1n) is 7.57. The molecule has 0 radical (unpaired) electrons. The van der Waals surface area contributed by atoms with Crippen molar-refractivity contribution in [3.8, 4) is 6.07 Å². The van der Waals surface area contributed by atoms with Gasteiger partial charge in [0.25, 0.3) is 0 Å². The molecule has 0 saturated heterocycles. The molecule has 4 rings (SSSR count). The van der Waals surface area contributed by atoms with Crippen LogP contribution in [0.4, 0.5) is 0 Å². The van der Waals surface area contributed by atoms with Gasteiger partial charge in [-0.25, -0.2) is 4.98 Å². The number of para-hydroxylation sites is 1. The third kappa shape index (κ3) is 2.44. The van der Waals surface area contributed by atoms with Crippen molar-refractivity contribution in [1.29, 1.82) is 5.26 Å². The van der Waals surface area contributed by atoms with Crippen molar-refractivity contribution < 1.29 is 5.11 Å². The van der Waals surface area contributed by atoms with E-state index in [1.54, 1.807) is 11.3 Å². The van der Waals surface area contributed by atoms with E-state index in [9.17, 15) is 10.4 Å². The van der Waals surface area contributed by atoms with E-state index in [1.165, 1.54) is 28.2 Å². The average molecular weight is 338 g/mol. The zero-order valence-corrected chi connectivity index (χ0v) is 14.0. The predicted molar refractivity (Wildman–Crippen MR) is 95.6 cm³/mol. The van der Waals surface area contributed by atoms with Crippen LogP contribution in [0.5, 0.6) is 0 Å². The highest BCUT2D eigenvalue weighted by molar-refractivity contribution is 7.19. The van der Waals surface area contributed by atoms with Gasteiger partial charge in [-0.1, -0.05) is 12.1 Å². The minimum Gasteiger partial charge on any atom is -0.506 e. The molecule has 23 heavy (non-hydrogen) atoms. The largest absolute Gasteiger partial charge is 0.506 e. The summed E-state index contributed by atoms with van der Waals surface area (Å²) in [6.07, 6.45) is 4.42. The number of benzene rings is 1. The number of aliphatic hydroxyl groups is 1. The fourth-order valence-corrected chi connectivity index (χ4v) is 5.10. The molecule has 1 aliphatic carbocycles. The third-order valence-corrected chi connectivity index (χ3v) is 6.32. The van der Waals surface area contributed by atoms with Crippen LogP contribution in [-0.4, -0.2) is 10.1 Å². The number of aliphatic hydroxyl groups excluding tert-OH is 1. The molecular weight excluding hydrogens is 324 g/mol. The summed E-state index contributed by atoms with van der Waals surface area (Å²) in [4.78, 5) is 5.86. The Balaban J connectivity index is 1.86. The van der Waals surface area contributed by atoms with Crippen molar-refractivity contribution >= 4 is 44.2 Å². The Hall–Kier alpha value is -2.16. The van der Waals surface area contributed by atoms with Crippen LogP contribution in [0.15, 0.2) is 29.6 Å². The Morgan fingerprint density at radius 2 is 2.04 bits per heavy atom. The molecule has 3 nitrogen and oxygen atoms in total. The molecule has 1 aliphatic rings. The number of thiazole rings is 1. The minimum absolute atomic E-state index is 0.0750. The van der Waals surface area contributed by atoms with Crippen LogP contribution in [0, 0.1) is 11.3 Å². The van der Waals surface area contributed by atoms with Crippen LogP contribution >= 0.6 is 22.7 Å². The smallest absolute Gasteiger partial charge is 0.144 e. The Labute approximate surface area is 142 Å². The van der Waals surface area contributed by atoms with Gasteiger partial charge in [-0.05, 0) is 43.4 Å². The number of allylic oxidation sites excluding steroid dienone is 1. The molecule has 0 bridgehead atoms. The number of rotatable bonds is 2. The van der Waals surface area contributed by atoms with Crippen LogP contribution in [0.3, 0.4) is 0 Å². The normalized spacial score (nSPS) is 15.1. The number of aromatic nitrogens is 1. The Morgan fingerprint density at radius 3 is 2.87 bits per heavy atom. The lowest BCUT2D eigenvalue weighted by Crippen LogP contribution is -2.01. The molecule has 2 aromatic heterocycles. The van der Waals surface area contributed by atoms with Crippen molar-refractivity contribution in [2.45, 2.75) is 25.7 Å². The van der Waals surface area contributed by atoms with Crippen molar-refractivity contribution in [1.82, 2.24) is 4.98 Å². The molecule has 0 amide bonds. The van der Waals surface area contributed by atoms with E-state index in [0.717, 1.165) is 35.0 Å². The van der Waals surface area contributed by atoms with Gasteiger partial charge in [0.05, 0.1) is 10.2 Å². The number of thiophene rings is 1. The standard InChI is InChI=1S/C18H14N2OS2/c19-9-12(18-20-14-6-2-4-8-16(14)23-18)17(21)13-10-22-15-7-3-1-5-11(13)15/h2,4,6,8,10,21H,1,3,5,7H2/b17-12-. The van der Waals surface area contributed by atoms with E-state index < -0.39 is 0 Å². The van der Waals surface area contributed by atoms with Crippen LogP contribution in [-0.2, 0) is 12.8 Å². The molecule has 3 aromatic rings. The molecule has 0 atom stereocenters. The monoisotopic (exact) mass is 338 g/mol. The zero-order valence-electron chi connectivity index (χ0n) is 12.4. The highest BCUT2D eigenvalue weighted by Gasteiger charge is 2.22. The SMILES string of the molecule is N#C/C(=C(/O)c1csc2c1CCCC2)c1nc2ccccc2s1. The van der Waals surface area contributed by atoms with Gasteiger partial charge < -0.3 is 5.11 Å². The van der Waals surface area contributed by atoms with Gasteiger partial charge in [-0.3, -0.25) is 0 Å². The fraction of sp³-hybridized carbons (Fsp3) is 0.222. The van der Waals surface area contributed by atoms with Crippen LogP contribution < -0.4 is 0 Å². The first-order valence-corrected chi connectivity index (χ1v) is 9.26. The summed E-state index contributed by atoms with van der Waals surface area (Å²) in [7, 11) is 0. The predicted octanol–water partition coefficient (Wildman–Crippen LogP) is 5.19. The Kier molecular flexibility index (Phi) is 3.64. The second-order valence-electron chi connectivity index (χ2n) is 5.58. The van der Waals surface area contributed by atoms with E-state index >= 15 is 0 Å². The summed E-state index contributed by atoms with van der Waals surface area (Å²) < 4.78 is 1.02. The maximum atomic E-state index is 10.7. The molecule has 2 heterocycles. The van der Waals surface area contributed by atoms with Gasteiger partial charge in [-0.2, -0.15) is 5.26 Å². The lowest BCUT2D eigenvalue weighted by Gasteiger charge is -2.12. The van der Waals surface area contributed by atoms with Crippen molar-refractivity contribution in [3.05, 3.63) is 50.7 Å². The molecule has 1 aromatic carbocycles. The van der Waals surface area contributed by atoms with Gasteiger partial charge in [-0.15, -0.1) is 22.7 Å². The molecule has 0 unspecified atom stereocenters. The summed E-state index contributed by atoms with van der Waals surface area (Å²) in [6.45, 7) is 0. The lowest BCUT2D eigenvalue weighted by atomic mass is 9.94. The van der Waals surface area contributed by atoms with Crippen molar-refractivity contribution in [2.75, 3.05) is 0 Å². The third-order valence-electron chi connectivity index (χ3n) is 4.17. The van der Waals surface area contributed by atoms with Gasteiger partial charge >= 0.3 is 0 Å². The van der Waals surface area contributed by atoms with E-state index in [2.05, 4.69) is 11.1 Å². The van der Waals surface area contributed by atoms with Crippen molar-refractivity contribution in [2.24, 2.45) is 0 Å². The minimum atomic E-state index is 0.0750. The van der Waals surface area contributed by atoms with E-state index in [4.69, 9.17) is 0 Å². The molecule has 0 saturated carbocycles. The van der Waals surface area contributed by atoms with E-state index in [0.29, 0.717) is 5.01 Å². The first-order chi connectivity index (χ1) is 11.3. The Bertz CT molecular complexity index is 926. The quantitative estimate of drug-likeness (QED) is 0.517. The molecule has 114 valence electrons. The highest BCUT2D eigenvalue weighted by Crippen LogP contribution is 2.37. The number of nitriles is 1. The summed E-state index contributed by atoms with van der Waals surface area (Å²) >= 11 is 3.13. The zero-order chi connectivity index (χ0) is 15.8. The topological polar surface area (TPSA) is 56.9 Å². The number of fused-ring (bicyclic) bond motifs is 2. The average Bonchev–Trinajstić information content (AvgIpc) is 3.19. The molecule has 0 fully saturated rings. The molecule has 5 heteroatoms. The van der Waals surface area contributed by atoms with Crippen molar-refractivity contribution in [3.63, 3.8) is 0 Å². The number of hydrogen-bond acceptors (Lipinski definition) is 5. The van der Waals surface area contributed by atoms with Gasteiger partial charge in [0.2, 0.25) is 0 Å². The molecule has 0 spiro atoms. The highest BCUT2D eigenvalue weighted by atomic mass is 32.1. The van der Waals surface area contributed by atoms with Crippen LogP contribution in [0.1, 0.15) is 33.9 Å². The summed E-state index contributed by atoms with van der Waals surface area (Å²) in [5, 5.41) is 22.9. The second-order valence-corrected chi connectivity index (χ2v) is 7.58. The summed E-state index contributed by atoms with van der Waals surface area (Å²) in [5.74, 6) is 0.0750. The number of hydrogen-bond donors (Lipinski definition) is 1.